The maximum atomic E-state index is 9.98. The Balaban J connectivity index is 2.80. The van der Waals surface area contributed by atoms with Crippen LogP contribution in [0.4, 0.5) is 0 Å². The van der Waals surface area contributed by atoms with E-state index in [2.05, 4.69) is 57.2 Å². The molecule has 0 spiro atoms. The summed E-state index contributed by atoms with van der Waals surface area (Å²) in [4.78, 5) is 0. The molecule has 2 aromatic carbocycles. The topological polar surface area (TPSA) is 40.5 Å². The van der Waals surface area contributed by atoms with Gasteiger partial charge in [0.25, 0.3) is 0 Å². The molecule has 0 aliphatic heterocycles. The third-order valence-corrected chi connectivity index (χ3v) is 5.26. The van der Waals surface area contributed by atoms with E-state index >= 15 is 0 Å². The molecule has 3 heteroatoms. The number of rotatable bonds is 7. The van der Waals surface area contributed by atoms with Crippen LogP contribution in [0, 0.1) is 5.92 Å². The van der Waals surface area contributed by atoms with Crippen LogP contribution in [0.15, 0.2) is 77.8 Å². The minimum atomic E-state index is 0.0564. The summed E-state index contributed by atoms with van der Waals surface area (Å²) in [6.45, 7) is 12.8. The van der Waals surface area contributed by atoms with Crippen molar-refractivity contribution in [2.24, 2.45) is 5.92 Å². The summed E-state index contributed by atoms with van der Waals surface area (Å²) in [6.07, 6.45) is 7.25. The molecule has 2 nitrogen and oxygen atoms in total. The van der Waals surface area contributed by atoms with Crippen molar-refractivity contribution in [3.63, 3.8) is 0 Å². The Kier molecular flexibility index (Phi) is 8.27. The van der Waals surface area contributed by atoms with Crippen LogP contribution in [0.25, 0.3) is 5.57 Å². The summed E-state index contributed by atoms with van der Waals surface area (Å²) in [5.74, 6) is 0.503. The van der Waals surface area contributed by atoms with Gasteiger partial charge >= 0.3 is 176 Å². The fourth-order valence-corrected chi connectivity index (χ4v) is 3.41. The van der Waals surface area contributed by atoms with Gasteiger partial charge in [-0.1, -0.05) is 0 Å². The Labute approximate surface area is 175 Å². The second-order valence-electron chi connectivity index (χ2n) is 7.30. The summed E-state index contributed by atoms with van der Waals surface area (Å²) < 4.78 is 0. The molecule has 0 saturated carbocycles. The Hall–Kier alpha value is -2.81. The molecule has 0 radical (unpaired) electrons. The van der Waals surface area contributed by atoms with E-state index in [9.17, 15) is 10.2 Å². The fourth-order valence-electron chi connectivity index (χ4n) is 3.41. The van der Waals surface area contributed by atoms with Crippen molar-refractivity contribution in [2.45, 2.75) is 41.0 Å². The first-order valence-electron chi connectivity index (χ1n) is 10.2. The maximum absolute atomic E-state index is 9.98. The van der Waals surface area contributed by atoms with Gasteiger partial charge in [0.05, 0.1) is 0 Å². The first-order chi connectivity index (χ1) is 13.9. The number of hydrogen-bond donors (Lipinski definition) is 2. The SMILES string of the molecule is C\C=C/C(=C\C)C(/B=C(c1ccccc1)C(C)CC)=C(/C)c1cc(O)cc(O)c1. The Morgan fingerprint density at radius 3 is 2.14 bits per heavy atom. The standard InChI is InChI=1S/C26H31BO2/c1-6-12-20(8-3)26(19(5)22-15-23(28)17-24(29)16-22)27-25(18(4)7-2)21-13-10-9-11-14-21/h6,8-18,28-29H,7H2,1-5H3/b12-6-,20-8+,26-19+. The summed E-state index contributed by atoms with van der Waals surface area (Å²) in [5, 5.41) is 20.0. The predicted molar refractivity (Wildman–Crippen MR) is 127 cm³/mol. The van der Waals surface area contributed by atoms with Gasteiger partial charge in [0.15, 0.2) is 0 Å². The molecule has 1 atom stereocenters. The van der Waals surface area contributed by atoms with E-state index in [1.54, 1.807) is 12.1 Å². The van der Waals surface area contributed by atoms with Crippen LogP contribution in [-0.2, 0) is 0 Å². The zero-order chi connectivity index (χ0) is 21.4. The van der Waals surface area contributed by atoms with Crippen molar-refractivity contribution in [1.82, 2.24) is 0 Å². The van der Waals surface area contributed by atoms with E-state index < -0.39 is 0 Å². The summed E-state index contributed by atoms with van der Waals surface area (Å²) in [7, 11) is 0. The molecule has 0 amide bonds. The fraction of sp³-hybridized carbons (Fsp3) is 0.269. The van der Waals surface area contributed by atoms with Gasteiger partial charge in [-0.3, -0.25) is 0 Å². The van der Waals surface area contributed by atoms with Crippen LogP contribution in [-0.4, -0.2) is 22.6 Å². The van der Waals surface area contributed by atoms with Gasteiger partial charge in [-0.15, -0.1) is 0 Å². The molecule has 0 heterocycles. The van der Waals surface area contributed by atoms with Crippen molar-refractivity contribution in [2.75, 3.05) is 0 Å². The van der Waals surface area contributed by atoms with Crippen molar-refractivity contribution < 1.29 is 10.2 Å². The molecule has 0 saturated heterocycles. The molecule has 0 aliphatic carbocycles. The van der Waals surface area contributed by atoms with Crippen molar-refractivity contribution in [3.8, 4) is 11.5 Å². The van der Waals surface area contributed by atoms with Gasteiger partial charge in [-0.2, -0.15) is 0 Å². The average molecular weight is 386 g/mol. The number of allylic oxidation sites excluding steroid dienone is 6. The third kappa shape index (κ3) is 5.84. The van der Waals surface area contributed by atoms with E-state index in [4.69, 9.17) is 0 Å². The molecule has 150 valence electrons. The second-order valence-corrected chi connectivity index (χ2v) is 7.30. The van der Waals surface area contributed by atoms with Crippen LogP contribution in [0.2, 0.25) is 0 Å². The molecule has 0 aromatic heterocycles. The molecule has 2 rings (SSSR count). The Morgan fingerprint density at radius 1 is 1.00 bits per heavy atom. The summed E-state index contributed by atoms with van der Waals surface area (Å²) >= 11 is 0. The monoisotopic (exact) mass is 386 g/mol. The van der Waals surface area contributed by atoms with Crippen LogP contribution in [0.5, 0.6) is 11.5 Å². The van der Waals surface area contributed by atoms with Gasteiger partial charge in [0, 0.05) is 0 Å². The number of phenols is 2. The first-order valence-corrected chi connectivity index (χ1v) is 10.2. The van der Waals surface area contributed by atoms with Gasteiger partial charge in [0.1, 0.15) is 0 Å². The number of benzene rings is 2. The van der Waals surface area contributed by atoms with E-state index in [1.807, 2.05) is 32.9 Å². The van der Waals surface area contributed by atoms with Crippen LogP contribution in [0.1, 0.15) is 52.2 Å². The summed E-state index contributed by atoms with van der Waals surface area (Å²) in [5.41, 5.74) is 6.46. The predicted octanol–water partition coefficient (Wildman–Crippen LogP) is 6.32. The van der Waals surface area contributed by atoms with Crippen molar-refractivity contribution in [3.05, 3.63) is 88.9 Å². The van der Waals surface area contributed by atoms with Crippen LogP contribution in [0.3, 0.4) is 0 Å². The molecular formula is C26H31BO2. The average Bonchev–Trinajstić information content (AvgIpc) is 2.72. The van der Waals surface area contributed by atoms with E-state index in [1.165, 1.54) is 17.1 Å². The zero-order valence-corrected chi connectivity index (χ0v) is 18.1. The zero-order valence-electron chi connectivity index (χ0n) is 18.1. The van der Waals surface area contributed by atoms with Gasteiger partial charge in [0.2, 0.25) is 0 Å². The number of hydrogen-bond acceptors (Lipinski definition) is 2. The Morgan fingerprint density at radius 2 is 1.62 bits per heavy atom. The van der Waals surface area contributed by atoms with Gasteiger partial charge in [-0.05, 0) is 0 Å². The van der Waals surface area contributed by atoms with Crippen LogP contribution < -0.4 is 0 Å². The quantitative estimate of drug-likeness (QED) is 0.432. The van der Waals surface area contributed by atoms with Gasteiger partial charge < -0.3 is 0 Å². The van der Waals surface area contributed by atoms with Crippen molar-refractivity contribution in [1.29, 1.82) is 0 Å². The normalized spacial score (nSPS) is 14.5. The van der Waals surface area contributed by atoms with Gasteiger partial charge in [-0.25, -0.2) is 0 Å². The molecule has 1 unspecified atom stereocenters. The molecule has 2 aromatic rings. The minimum absolute atomic E-state index is 0.0564. The van der Waals surface area contributed by atoms with E-state index in [0.717, 1.165) is 28.6 Å². The number of aromatic hydroxyl groups is 2. The number of phenolic OH excluding ortho intramolecular Hbond substituents is 2. The second kappa shape index (κ2) is 10.7. The van der Waals surface area contributed by atoms with E-state index in [0.29, 0.717) is 5.92 Å². The molecule has 29 heavy (non-hydrogen) atoms. The molecular weight excluding hydrogens is 355 g/mol. The van der Waals surface area contributed by atoms with Crippen molar-refractivity contribution >= 4 is 18.0 Å². The molecule has 0 aliphatic rings. The Bertz CT molecular complexity index is 930. The van der Waals surface area contributed by atoms with Crippen LogP contribution >= 0.6 is 0 Å². The first kappa shape index (κ1) is 22.5. The molecule has 0 fully saturated rings. The molecule has 2 N–H and O–H groups in total. The van der Waals surface area contributed by atoms with E-state index in [-0.39, 0.29) is 11.5 Å². The summed E-state index contributed by atoms with van der Waals surface area (Å²) in [6, 6.07) is 15.2. The third-order valence-electron chi connectivity index (χ3n) is 5.26. The molecule has 0 bridgehead atoms.